The summed E-state index contributed by atoms with van der Waals surface area (Å²) in [5.41, 5.74) is 0. The molecule has 1 rings (SSSR count). The fourth-order valence-corrected chi connectivity index (χ4v) is 2.25. The van der Waals surface area contributed by atoms with Crippen LogP contribution in [-0.2, 0) is 4.79 Å². The molecule has 1 aliphatic rings. The molecule has 0 amide bonds. The molecule has 1 aliphatic carbocycles. The molecule has 2 heteroatoms. The van der Waals surface area contributed by atoms with E-state index in [1.54, 1.807) is 6.92 Å². The second kappa shape index (κ2) is 6.18. The minimum atomic E-state index is 0.114. The second-order valence-corrected chi connectivity index (χ2v) is 4.45. The summed E-state index contributed by atoms with van der Waals surface area (Å²) in [6.45, 7) is 3.84. The maximum atomic E-state index is 11.3. The number of rotatable bonds is 5. The fourth-order valence-electron chi connectivity index (χ4n) is 2.25. The summed E-state index contributed by atoms with van der Waals surface area (Å²) in [7, 11) is 0. The molecule has 14 heavy (non-hydrogen) atoms. The van der Waals surface area contributed by atoms with Crippen LogP contribution in [0.4, 0.5) is 0 Å². The van der Waals surface area contributed by atoms with Crippen LogP contribution in [-0.4, -0.2) is 17.9 Å². The lowest BCUT2D eigenvalue weighted by Crippen LogP contribution is -2.43. The van der Waals surface area contributed by atoms with Crippen LogP contribution in [0, 0.1) is 0 Å². The fraction of sp³-hybridized carbons (Fsp3) is 0.917. The molecule has 1 saturated carbocycles. The largest absolute Gasteiger partial charge is 0.305 e. The first-order valence-corrected chi connectivity index (χ1v) is 6.00. The zero-order valence-electron chi connectivity index (χ0n) is 9.51. The molecule has 82 valence electrons. The van der Waals surface area contributed by atoms with Crippen molar-refractivity contribution in [2.75, 3.05) is 0 Å². The highest BCUT2D eigenvalue weighted by atomic mass is 16.1. The predicted octanol–water partition coefficient (Wildman–Crippen LogP) is 2.67. The van der Waals surface area contributed by atoms with E-state index in [4.69, 9.17) is 0 Å². The molecular weight excluding hydrogens is 174 g/mol. The van der Waals surface area contributed by atoms with E-state index in [9.17, 15) is 4.79 Å². The molecule has 0 aromatic carbocycles. The molecule has 0 aliphatic heterocycles. The summed E-state index contributed by atoms with van der Waals surface area (Å²) >= 11 is 0. The Bertz CT molecular complexity index is 173. The van der Waals surface area contributed by atoms with E-state index in [1.807, 2.05) is 0 Å². The lowest BCUT2D eigenvalue weighted by molar-refractivity contribution is -0.119. The minimum Gasteiger partial charge on any atom is -0.305 e. The Balaban J connectivity index is 2.33. The van der Waals surface area contributed by atoms with E-state index in [0.717, 1.165) is 12.8 Å². The van der Waals surface area contributed by atoms with E-state index in [0.29, 0.717) is 11.8 Å². The van der Waals surface area contributed by atoms with Crippen LogP contribution in [0.2, 0.25) is 0 Å². The van der Waals surface area contributed by atoms with E-state index in [1.165, 1.54) is 32.1 Å². The SMILES string of the molecule is CCCC(NC1CCCCC1)C(C)=O. The van der Waals surface area contributed by atoms with Crippen LogP contribution >= 0.6 is 0 Å². The molecule has 0 radical (unpaired) electrons. The Hall–Kier alpha value is -0.370. The van der Waals surface area contributed by atoms with Crippen LogP contribution in [0.15, 0.2) is 0 Å². The van der Waals surface area contributed by atoms with Gasteiger partial charge in [-0.2, -0.15) is 0 Å². The third-order valence-electron chi connectivity index (χ3n) is 3.11. The summed E-state index contributed by atoms with van der Waals surface area (Å²) < 4.78 is 0. The van der Waals surface area contributed by atoms with E-state index >= 15 is 0 Å². The van der Waals surface area contributed by atoms with Crippen molar-refractivity contribution in [3.05, 3.63) is 0 Å². The first-order chi connectivity index (χ1) is 6.74. The number of hydrogen-bond donors (Lipinski definition) is 1. The van der Waals surface area contributed by atoms with Gasteiger partial charge in [0, 0.05) is 6.04 Å². The number of hydrogen-bond acceptors (Lipinski definition) is 2. The molecule has 1 atom stereocenters. The number of carbonyl (C=O) groups excluding carboxylic acids is 1. The van der Waals surface area contributed by atoms with E-state index in [-0.39, 0.29) is 6.04 Å². The van der Waals surface area contributed by atoms with Crippen LogP contribution in [0.25, 0.3) is 0 Å². The first-order valence-electron chi connectivity index (χ1n) is 6.00. The Morgan fingerprint density at radius 3 is 2.50 bits per heavy atom. The summed E-state index contributed by atoms with van der Waals surface area (Å²) in [6.07, 6.45) is 8.62. The average molecular weight is 197 g/mol. The second-order valence-electron chi connectivity index (χ2n) is 4.45. The van der Waals surface area contributed by atoms with Crippen LogP contribution < -0.4 is 5.32 Å². The lowest BCUT2D eigenvalue weighted by atomic mass is 9.94. The van der Waals surface area contributed by atoms with E-state index in [2.05, 4.69) is 12.2 Å². The van der Waals surface area contributed by atoms with E-state index < -0.39 is 0 Å². The highest BCUT2D eigenvalue weighted by molar-refractivity contribution is 5.81. The van der Waals surface area contributed by atoms with Crippen molar-refractivity contribution in [3.63, 3.8) is 0 Å². The van der Waals surface area contributed by atoms with Crippen LogP contribution in [0.1, 0.15) is 58.8 Å². The summed E-state index contributed by atoms with van der Waals surface area (Å²) in [6, 6.07) is 0.715. The van der Waals surface area contributed by atoms with Crippen LogP contribution in [0.5, 0.6) is 0 Å². The van der Waals surface area contributed by atoms with Gasteiger partial charge in [0.15, 0.2) is 0 Å². The van der Waals surface area contributed by atoms with Crippen molar-refractivity contribution in [1.82, 2.24) is 5.32 Å². The van der Waals surface area contributed by atoms with Crippen molar-refractivity contribution in [2.45, 2.75) is 70.9 Å². The Morgan fingerprint density at radius 2 is 2.00 bits per heavy atom. The van der Waals surface area contributed by atoms with Gasteiger partial charge in [-0.1, -0.05) is 32.6 Å². The Morgan fingerprint density at radius 1 is 1.36 bits per heavy atom. The van der Waals surface area contributed by atoms with Gasteiger partial charge in [-0.3, -0.25) is 4.79 Å². The molecule has 0 spiro atoms. The first kappa shape index (κ1) is 11.7. The predicted molar refractivity (Wildman–Crippen MR) is 59.4 cm³/mol. The zero-order chi connectivity index (χ0) is 10.4. The highest BCUT2D eigenvalue weighted by Gasteiger charge is 2.19. The minimum absolute atomic E-state index is 0.114. The quantitative estimate of drug-likeness (QED) is 0.734. The molecular formula is C12H23NO. The third-order valence-corrected chi connectivity index (χ3v) is 3.11. The maximum Gasteiger partial charge on any atom is 0.146 e. The molecule has 2 nitrogen and oxygen atoms in total. The van der Waals surface area contributed by atoms with Gasteiger partial charge in [-0.15, -0.1) is 0 Å². The number of nitrogens with one attached hydrogen (secondary N) is 1. The number of ketones is 1. The summed E-state index contributed by atoms with van der Waals surface area (Å²) in [4.78, 5) is 11.3. The molecule has 0 bridgehead atoms. The number of carbonyl (C=O) groups is 1. The van der Waals surface area contributed by atoms with Crippen molar-refractivity contribution in [2.24, 2.45) is 0 Å². The van der Waals surface area contributed by atoms with Gasteiger partial charge >= 0.3 is 0 Å². The zero-order valence-corrected chi connectivity index (χ0v) is 9.51. The van der Waals surface area contributed by atoms with Crippen molar-refractivity contribution in [3.8, 4) is 0 Å². The molecule has 0 aromatic rings. The summed E-state index contributed by atoms with van der Waals surface area (Å²) in [5, 5.41) is 3.51. The topological polar surface area (TPSA) is 29.1 Å². The molecule has 0 heterocycles. The highest BCUT2D eigenvalue weighted by Crippen LogP contribution is 2.18. The Kier molecular flexibility index (Phi) is 5.16. The molecule has 0 saturated heterocycles. The normalized spacial score (nSPS) is 20.7. The van der Waals surface area contributed by atoms with Crippen molar-refractivity contribution in [1.29, 1.82) is 0 Å². The van der Waals surface area contributed by atoms with Gasteiger partial charge in [-0.25, -0.2) is 0 Å². The van der Waals surface area contributed by atoms with Gasteiger partial charge in [0.05, 0.1) is 6.04 Å². The van der Waals surface area contributed by atoms with Gasteiger partial charge in [0.2, 0.25) is 0 Å². The van der Waals surface area contributed by atoms with Gasteiger partial charge in [0.25, 0.3) is 0 Å². The Labute approximate surface area is 87.5 Å². The van der Waals surface area contributed by atoms with Crippen molar-refractivity contribution < 1.29 is 4.79 Å². The molecule has 1 unspecified atom stereocenters. The smallest absolute Gasteiger partial charge is 0.146 e. The monoisotopic (exact) mass is 197 g/mol. The average Bonchev–Trinajstić information content (AvgIpc) is 2.18. The summed E-state index contributed by atoms with van der Waals surface area (Å²) in [5.74, 6) is 0.303. The molecule has 1 fully saturated rings. The lowest BCUT2D eigenvalue weighted by Gasteiger charge is -2.27. The maximum absolute atomic E-state index is 11.3. The van der Waals surface area contributed by atoms with Gasteiger partial charge in [-0.05, 0) is 26.2 Å². The van der Waals surface area contributed by atoms with Gasteiger partial charge < -0.3 is 5.32 Å². The molecule has 0 aromatic heterocycles. The number of Topliss-reactive ketones (excluding diaryl/α,β-unsaturated/α-hetero) is 1. The van der Waals surface area contributed by atoms with Gasteiger partial charge in [0.1, 0.15) is 5.78 Å². The van der Waals surface area contributed by atoms with Crippen molar-refractivity contribution >= 4 is 5.78 Å². The molecule has 1 N–H and O–H groups in total. The third kappa shape index (κ3) is 3.79. The van der Waals surface area contributed by atoms with Crippen LogP contribution in [0.3, 0.4) is 0 Å². The standard InChI is InChI=1S/C12H23NO/c1-3-7-12(10(2)14)13-11-8-5-4-6-9-11/h11-13H,3-9H2,1-2H3.